The van der Waals surface area contributed by atoms with E-state index in [4.69, 9.17) is 9.84 Å². The molecule has 25 heavy (non-hydrogen) atoms. The third-order valence-corrected chi connectivity index (χ3v) is 4.52. The van der Waals surface area contributed by atoms with Crippen LogP contribution in [0, 0.1) is 11.7 Å². The molecule has 1 fully saturated rings. The summed E-state index contributed by atoms with van der Waals surface area (Å²) in [6.45, 7) is 1.39. The van der Waals surface area contributed by atoms with Gasteiger partial charge in [0.2, 0.25) is 0 Å². The van der Waals surface area contributed by atoms with Gasteiger partial charge in [-0.3, -0.25) is 4.79 Å². The van der Waals surface area contributed by atoms with Crippen molar-refractivity contribution in [1.29, 1.82) is 0 Å². The monoisotopic (exact) mass is 343 g/mol. The first-order valence-corrected chi connectivity index (χ1v) is 8.49. The predicted octanol–water partition coefficient (Wildman–Crippen LogP) is 2.79. The first-order chi connectivity index (χ1) is 12.1. The number of aliphatic hydroxyl groups is 1. The molecule has 2 aromatic carbocycles. The van der Waals surface area contributed by atoms with Crippen molar-refractivity contribution >= 4 is 5.91 Å². The Balaban J connectivity index is 1.47. The standard InChI is InChI=1S/C20H22FNO3/c21-18-3-1-2-16(11-18)10-17-8-9-22(12-17)20(24)14-25-19-6-4-15(13-23)5-7-19/h1-7,11,17,23H,8-10,12-14H2. The fourth-order valence-corrected chi connectivity index (χ4v) is 3.15. The first kappa shape index (κ1) is 17.4. The number of benzene rings is 2. The van der Waals surface area contributed by atoms with Crippen molar-refractivity contribution in [3.8, 4) is 5.75 Å². The molecule has 1 saturated heterocycles. The number of ether oxygens (including phenoxy) is 1. The number of amides is 1. The summed E-state index contributed by atoms with van der Waals surface area (Å²) in [5.74, 6) is 0.715. The fourth-order valence-electron chi connectivity index (χ4n) is 3.15. The van der Waals surface area contributed by atoms with Crippen molar-refractivity contribution in [2.24, 2.45) is 5.92 Å². The number of aliphatic hydroxyl groups excluding tert-OH is 1. The van der Waals surface area contributed by atoms with E-state index in [1.165, 1.54) is 6.07 Å². The van der Waals surface area contributed by atoms with Gasteiger partial charge in [-0.25, -0.2) is 4.39 Å². The molecule has 4 nitrogen and oxygen atoms in total. The molecular weight excluding hydrogens is 321 g/mol. The second kappa shape index (κ2) is 8.12. The summed E-state index contributed by atoms with van der Waals surface area (Å²) >= 11 is 0. The molecule has 1 N–H and O–H groups in total. The van der Waals surface area contributed by atoms with Gasteiger partial charge in [0.05, 0.1) is 6.61 Å². The highest BCUT2D eigenvalue weighted by atomic mass is 19.1. The third-order valence-electron chi connectivity index (χ3n) is 4.52. The molecule has 1 aliphatic heterocycles. The summed E-state index contributed by atoms with van der Waals surface area (Å²) in [7, 11) is 0. The molecule has 5 heteroatoms. The van der Waals surface area contributed by atoms with E-state index in [1.54, 1.807) is 36.4 Å². The molecule has 1 atom stereocenters. The Morgan fingerprint density at radius 2 is 2.00 bits per heavy atom. The van der Waals surface area contributed by atoms with Gasteiger partial charge in [-0.1, -0.05) is 24.3 Å². The SMILES string of the molecule is O=C(COc1ccc(CO)cc1)N1CCC(Cc2cccc(F)c2)C1. The minimum atomic E-state index is -0.218. The highest BCUT2D eigenvalue weighted by Crippen LogP contribution is 2.21. The van der Waals surface area contributed by atoms with Crippen LogP contribution in [0.5, 0.6) is 5.75 Å². The topological polar surface area (TPSA) is 49.8 Å². The molecule has 1 aliphatic rings. The van der Waals surface area contributed by atoms with Gasteiger partial charge in [0, 0.05) is 13.1 Å². The lowest BCUT2D eigenvalue weighted by atomic mass is 9.99. The molecule has 3 rings (SSSR count). The second-order valence-electron chi connectivity index (χ2n) is 6.42. The zero-order valence-electron chi connectivity index (χ0n) is 14.0. The van der Waals surface area contributed by atoms with Crippen molar-refractivity contribution in [2.75, 3.05) is 19.7 Å². The summed E-state index contributed by atoms with van der Waals surface area (Å²) in [6.07, 6.45) is 1.71. The van der Waals surface area contributed by atoms with E-state index in [9.17, 15) is 9.18 Å². The van der Waals surface area contributed by atoms with E-state index in [-0.39, 0.29) is 24.9 Å². The van der Waals surface area contributed by atoms with Crippen molar-refractivity contribution < 1.29 is 19.0 Å². The fraction of sp³-hybridized carbons (Fsp3) is 0.350. The molecule has 0 spiro atoms. The number of nitrogens with zero attached hydrogens (tertiary/aromatic N) is 1. The molecule has 0 aromatic heterocycles. The number of rotatable bonds is 6. The van der Waals surface area contributed by atoms with Gasteiger partial charge >= 0.3 is 0 Å². The lowest BCUT2D eigenvalue weighted by Gasteiger charge is -2.17. The van der Waals surface area contributed by atoms with Crippen molar-refractivity contribution in [3.05, 3.63) is 65.5 Å². The van der Waals surface area contributed by atoms with E-state index >= 15 is 0 Å². The van der Waals surface area contributed by atoms with E-state index in [0.717, 1.165) is 24.0 Å². The van der Waals surface area contributed by atoms with Crippen LogP contribution < -0.4 is 4.74 Å². The highest BCUT2D eigenvalue weighted by Gasteiger charge is 2.26. The van der Waals surface area contributed by atoms with Gasteiger partial charge in [-0.05, 0) is 54.2 Å². The van der Waals surface area contributed by atoms with Gasteiger partial charge in [0.25, 0.3) is 5.91 Å². The van der Waals surface area contributed by atoms with E-state index in [2.05, 4.69) is 0 Å². The Labute approximate surface area is 146 Å². The van der Waals surface area contributed by atoms with Crippen molar-refractivity contribution in [2.45, 2.75) is 19.4 Å². The number of hydrogen-bond acceptors (Lipinski definition) is 3. The minimum Gasteiger partial charge on any atom is -0.484 e. The van der Waals surface area contributed by atoms with Crippen LogP contribution in [0.2, 0.25) is 0 Å². The van der Waals surface area contributed by atoms with Crippen molar-refractivity contribution in [1.82, 2.24) is 4.90 Å². The zero-order chi connectivity index (χ0) is 17.6. The van der Waals surface area contributed by atoms with Gasteiger partial charge in [0.15, 0.2) is 6.61 Å². The molecule has 0 bridgehead atoms. The minimum absolute atomic E-state index is 0.00512. The predicted molar refractivity (Wildman–Crippen MR) is 92.7 cm³/mol. The molecule has 1 amide bonds. The van der Waals surface area contributed by atoms with Gasteiger partial charge in [0.1, 0.15) is 11.6 Å². The largest absolute Gasteiger partial charge is 0.484 e. The molecular formula is C20H22FNO3. The number of likely N-dealkylation sites (tertiary alicyclic amines) is 1. The number of carbonyl (C=O) groups excluding carboxylic acids is 1. The first-order valence-electron chi connectivity index (χ1n) is 8.49. The van der Waals surface area contributed by atoms with Crippen LogP contribution in [0.25, 0.3) is 0 Å². The van der Waals surface area contributed by atoms with Crippen LogP contribution in [-0.2, 0) is 17.8 Å². The summed E-state index contributed by atoms with van der Waals surface area (Å²) in [5, 5.41) is 9.01. The number of halogens is 1. The maximum absolute atomic E-state index is 13.3. The van der Waals surface area contributed by atoms with Crippen LogP contribution in [0.15, 0.2) is 48.5 Å². The molecule has 1 unspecified atom stereocenters. The smallest absolute Gasteiger partial charge is 0.260 e. The highest BCUT2D eigenvalue weighted by molar-refractivity contribution is 5.78. The lowest BCUT2D eigenvalue weighted by molar-refractivity contribution is -0.132. The Bertz CT molecular complexity index is 717. The van der Waals surface area contributed by atoms with Gasteiger partial charge < -0.3 is 14.7 Å². The zero-order valence-corrected chi connectivity index (χ0v) is 14.0. The molecule has 0 radical (unpaired) electrons. The van der Waals surface area contributed by atoms with E-state index < -0.39 is 0 Å². The van der Waals surface area contributed by atoms with Crippen LogP contribution in [-0.4, -0.2) is 35.6 Å². The molecule has 0 saturated carbocycles. The second-order valence-corrected chi connectivity index (χ2v) is 6.42. The Hall–Kier alpha value is -2.40. The Morgan fingerprint density at radius 3 is 2.72 bits per heavy atom. The van der Waals surface area contributed by atoms with E-state index in [0.29, 0.717) is 24.8 Å². The van der Waals surface area contributed by atoms with Crippen molar-refractivity contribution in [3.63, 3.8) is 0 Å². The summed E-state index contributed by atoms with van der Waals surface area (Å²) < 4.78 is 18.8. The number of carbonyl (C=O) groups is 1. The third kappa shape index (κ3) is 4.79. The molecule has 2 aromatic rings. The van der Waals surface area contributed by atoms with Gasteiger partial charge in [-0.2, -0.15) is 0 Å². The number of hydrogen-bond donors (Lipinski definition) is 1. The maximum Gasteiger partial charge on any atom is 0.260 e. The van der Waals surface area contributed by atoms with Crippen LogP contribution in [0.1, 0.15) is 17.5 Å². The normalized spacial score (nSPS) is 16.9. The summed E-state index contributed by atoms with van der Waals surface area (Å²) in [5.41, 5.74) is 1.78. The lowest BCUT2D eigenvalue weighted by Crippen LogP contribution is -2.33. The van der Waals surface area contributed by atoms with Crippen LogP contribution in [0.4, 0.5) is 4.39 Å². The molecule has 1 heterocycles. The quantitative estimate of drug-likeness (QED) is 0.877. The van der Waals surface area contributed by atoms with Crippen LogP contribution >= 0.6 is 0 Å². The average Bonchev–Trinajstić information content (AvgIpc) is 3.08. The average molecular weight is 343 g/mol. The van der Waals surface area contributed by atoms with E-state index in [1.807, 2.05) is 11.0 Å². The van der Waals surface area contributed by atoms with Gasteiger partial charge in [-0.15, -0.1) is 0 Å². The molecule has 0 aliphatic carbocycles. The Morgan fingerprint density at radius 1 is 1.20 bits per heavy atom. The Kier molecular flexibility index (Phi) is 5.66. The summed E-state index contributed by atoms with van der Waals surface area (Å²) in [4.78, 5) is 14.1. The molecule has 132 valence electrons. The maximum atomic E-state index is 13.3. The van der Waals surface area contributed by atoms with Crippen LogP contribution in [0.3, 0.4) is 0 Å². The summed E-state index contributed by atoms with van der Waals surface area (Å²) in [6, 6.07) is 13.7.